The van der Waals surface area contributed by atoms with Crippen molar-refractivity contribution < 1.29 is 29.0 Å². The summed E-state index contributed by atoms with van der Waals surface area (Å²) >= 11 is 0. The summed E-state index contributed by atoms with van der Waals surface area (Å²) in [6.45, 7) is 1.20. The van der Waals surface area contributed by atoms with Gasteiger partial charge in [-0.1, -0.05) is 0 Å². The van der Waals surface area contributed by atoms with Gasteiger partial charge in [-0.15, -0.1) is 0 Å². The highest BCUT2D eigenvalue weighted by Gasteiger charge is 2.32. The summed E-state index contributed by atoms with van der Waals surface area (Å²) in [6.07, 6.45) is 0.471. The van der Waals surface area contributed by atoms with Crippen LogP contribution in [0.2, 0.25) is 0 Å². The van der Waals surface area contributed by atoms with Gasteiger partial charge < -0.3 is 20.1 Å². The van der Waals surface area contributed by atoms with Crippen molar-refractivity contribution in [2.75, 3.05) is 24.6 Å². The van der Waals surface area contributed by atoms with E-state index >= 15 is 0 Å². The van der Waals surface area contributed by atoms with E-state index in [1.807, 2.05) is 0 Å². The van der Waals surface area contributed by atoms with Crippen LogP contribution in [0.25, 0.3) is 0 Å². The number of carbonyl (C=O) groups excluding carboxylic acids is 4. The van der Waals surface area contributed by atoms with Crippen molar-refractivity contribution in [3.8, 4) is 0 Å². The molecule has 1 aromatic carbocycles. The van der Waals surface area contributed by atoms with E-state index in [1.54, 1.807) is 24.3 Å². The quantitative estimate of drug-likeness (QED) is 0.607. The molecule has 0 unspecified atom stereocenters. The number of amides is 2. The first-order valence-corrected chi connectivity index (χ1v) is 8.59. The summed E-state index contributed by atoms with van der Waals surface area (Å²) in [5, 5.41) is 11.6. The third-order valence-corrected chi connectivity index (χ3v) is 4.31. The number of carbonyl (C=O) groups is 4. The van der Waals surface area contributed by atoms with Gasteiger partial charge in [-0.05, 0) is 30.3 Å². The third kappa shape index (κ3) is 3.94. The van der Waals surface area contributed by atoms with Crippen molar-refractivity contribution in [3.05, 3.63) is 53.3 Å². The monoisotopic (exact) mass is 385 g/mol. The number of benzene rings is 1. The van der Waals surface area contributed by atoms with E-state index in [2.05, 4.69) is 10.3 Å². The molecule has 1 atom stereocenters. The molecule has 1 fully saturated rings. The van der Waals surface area contributed by atoms with Crippen LogP contribution in [-0.2, 0) is 9.53 Å². The molecule has 2 amide bonds. The Bertz CT molecular complexity index is 918. The molecule has 0 saturated carbocycles. The predicted molar refractivity (Wildman–Crippen MR) is 98.4 cm³/mol. The highest BCUT2D eigenvalue weighted by atomic mass is 16.6. The molecular weight excluding hydrogens is 366 g/mol. The minimum atomic E-state index is -0.687. The molecule has 1 aromatic heterocycles. The number of aromatic nitrogens is 1. The summed E-state index contributed by atoms with van der Waals surface area (Å²) in [7, 11) is 0. The van der Waals surface area contributed by atoms with Crippen molar-refractivity contribution in [1.29, 1.82) is 0 Å². The van der Waals surface area contributed by atoms with Gasteiger partial charge in [-0.3, -0.25) is 19.3 Å². The lowest BCUT2D eigenvalue weighted by atomic mass is 10.0. The molecule has 2 heterocycles. The Kier molecular flexibility index (Phi) is 5.55. The number of H-pyrrole nitrogens is 1. The second kappa shape index (κ2) is 8.05. The first-order valence-electron chi connectivity index (χ1n) is 8.59. The van der Waals surface area contributed by atoms with Gasteiger partial charge in [0.1, 0.15) is 12.7 Å². The Morgan fingerprint density at radius 1 is 1.25 bits per heavy atom. The van der Waals surface area contributed by atoms with Gasteiger partial charge in [0, 0.05) is 29.9 Å². The normalized spacial score (nSPS) is 16.0. The van der Waals surface area contributed by atoms with E-state index in [4.69, 9.17) is 9.84 Å². The van der Waals surface area contributed by atoms with Gasteiger partial charge in [0.25, 0.3) is 0 Å². The van der Waals surface area contributed by atoms with E-state index in [-0.39, 0.29) is 30.3 Å². The number of nitrogens with one attached hydrogen (secondary N) is 2. The van der Waals surface area contributed by atoms with E-state index in [9.17, 15) is 19.2 Å². The molecule has 9 heteroatoms. The fourth-order valence-corrected chi connectivity index (χ4v) is 2.91. The number of Topliss-reactive ketones (excluding diaryl/α,β-unsaturated/α-hetero) is 1. The summed E-state index contributed by atoms with van der Waals surface area (Å²) in [4.78, 5) is 51.5. The van der Waals surface area contributed by atoms with Gasteiger partial charge >= 0.3 is 6.09 Å². The van der Waals surface area contributed by atoms with Crippen molar-refractivity contribution >= 4 is 29.3 Å². The summed E-state index contributed by atoms with van der Waals surface area (Å²) in [5.41, 5.74) is 1.09. The fraction of sp³-hybridized carbons (Fsp3) is 0.263. The lowest BCUT2D eigenvalue weighted by molar-refractivity contribution is -0.119. The largest absolute Gasteiger partial charge is 0.442 e. The average molecular weight is 385 g/mol. The number of aliphatic hydroxyl groups is 1. The van der Waals surface area contributed by atoms with E-state index < -0.39 is 30.4 Å². The number of aromatic amines is 1. The summed E-state index contributed by atoms with van der Waals surface area (Å²) in [6, 6.07) is 7.73. The predicted octanol–water partition coefficient (Wildman–Crippen LogP) is 0.882. The Morgan fingerprint density at radius 2 is 1.96 bits per heavy atom. The third-order valence-electron chi connectivity index (χ3n) is 4.31. The molecule has 0 aliphatic carbocycles. The Morgan fingerprint density at radius 3 is 2.61 bits per heavy atom. The van der Waals surface area contributed by atoms with Crippen LogP contribution < -0.4 is 10.2 Å². The number of nitrogens with zero attached hydrogens (tertiary/aromatic N) is 1. The maximum absolute atomic E-state index is 12.6. The van der Waals surface area contributed by atoms with Crippen LogP contribution >= 0.6 is 0 Å². The van der Waals surface area contributed by atoms with Gasteiger partial charge in [0.05, 0.1) is 18.8 Å². The molecule has 0 spiro atoms. The number of ketones is 2. The number of cyclic esters (lactones) is 1. The zero-order valence-electron chi connectivity index (χ0n) is 15.1. The summed E-state index contributed by atoms with van der Waals surface area (Å²) < 4.78 is 5.21. The second-order valence-corrected chi connectivity index (χ2v) is 6.28. The minimum Gasteiger partial charge on any atom is -0.442 e. The molecule has 1 aliphatic rings. The zero-order chi connectivity index (χ0) is 20.3. The molecule has 9 nitrogen and oxygen atoms in total. The van der Waals surface area contributed by atoms with Gasteiger partial charge in [-0.25, -0.2) is 4.79 Å². The highest BCUT2D eigenvalue weighted by molar-refractivity contribution is 6.15. The van der Waals surface area contributed by atoms with Crippen LogP contribution in [0.1, 0.15) is 33.3 Å². The van der Waals surface area contributed by atoms with Gasteiger partial charge in [0.15, 0.2) is 5.78 Å². The Labute approximate surface area is 160 Å². The number of aliphatic hydroxyl groups excluding tert-OH is 1. The number of anilines is 1. The van der Waals surface area contributed by atoms with Gasteiger partial charge in [0.2, 0.25) is 11.7 Å². The summed E-state index contributed by atoms with van der Waals surface area (Å²) in [5.74, 6) is -1.16. The highest BCUT2D eigenvalue weighted by Crippen LogP contribution is 2.23. The number of ether oxygens (including phenoxy) is 1. The van der Waals surface area contributed by atoms with Crippen LogP contribution in [0.3, 0.4) is 0 Å². The molecule has 0 bridgehead atoms. The molecule has 0 radical (unpaired) electrons. The molecule has 2 aromatic rings. The lowest BCUT2D eigenvalue weighted by Crippen LogP contribution is -2.33. The maximum Gasteiger partial charge on any atom is 0.414 e. The minimum absolute atomic E-state index is 0.0998. The molecule has 3 N–H and O–H groups in total. The van der Waals surface area contributed by atoms with Crippen LogP contribution in [0.5, 0.6) is 0 Å². The molecule has 28 heavy (non-hydrogen) atoms. The molecule has 3 rings (SSSR count). The molecule has 1 saturated heterocycles. The van der Waals surface area contributed by atoms with Crippen molar-refractivity contribution in [2.24, 2.45) is 0 Å². The smallest absolute Gasteiger partial charge is 0.414 e. The average Bonchev–Trinajstić information content (AvgIpc) is 3.32. The second-order valence-electron chi connectivity index (χ2n) is 6.28. The molecule has 146 valence electrons. The fourth-order valence-electron chi connectivity index (χ4n) is 2.91. The number of hydrogen-bond donors (Lipinski definition) is 3. The van der Waals surface area contributed by atoms with Crippen LogP contribution in [-0.4, -0.2) is 59.5 Å². The van der Waals surface area contributed by atoms with Crippen LogP contribution in [0, 0.1) is 0 Å². The molecular formula is C19H19N3O6. The number of rotatable bonds is 7. The Balaban J connectivity index is 1.73. The topological polar surface area (TPSA) is 129 Å². The van der Waals surface area contributed by atoms with E-state index in [0.29, 0.717) is 11.3 Å². The zero-order valence-corrected chi connectivity index (χ0v) is 15.1. The molecule has 1 aliphatic heterocycles. The van der Waals surface area contributed by atoms with Crippen molar-refractivity contribution in [1.82, 2.24) is 10.3 Å². The van der Waals surface area contributed by atoms with Gasteiger partial charge in [-0.2, -0.15) is 0 Å². The number of hydrogen-bond acceptors (Lipinski definition) is 6. The standard InChI is InChI=1S/C19H19N3O6/c1-11(24)21-8-14-9-22(19(27)28-14)13-4-2-12(3-5-13)18(26)17-15(6-7-20-17)16(25)10-23/h2-7,14,20,23H,8-10H2,1H3,(H,21,24)/t14-/m0/s1. The van der Waals surface area contributed by atoms with E-state index in [0.717, 1.165) is 0 Å². The Hall–Kier alpha value is -3.46. The van der Waals surface area contributed by atoms with Crippen molar-refractivity contribution in [3.63, 3.8) is 0 Å². The first kappa shape index (κ1) is 19.3. The SMILES string of the molecule is CC(=O)NC[C@H]1CN(c2ccc(C(=O)c3[nH]ccc3C(=O)CO)cc2)C(=O)O1. The lowest BCUT2D eigenvalue weighted by Gasteiger charge is -2.13. The van der Waals surface area contributed by atoms with Crippen LogP contribution in [0.4, 0.5) is 10.5 Å². The maximum atomic E-state index is 12.6. The van der Waals surface area contributed by atoms with Crippen LogP contribution in [0.15, 0.2) is 36.5 Å². The first-order chi connectivity index (χ1) is 13.4. The van der Waals surface area contributed by atoms with Crippen molar-refractivity contribution in [2.45, 2.75) is 13.0 Å². The van der Waals surface area contributed by atoms with E-state index in [1.165, 1.54) is 24.1 Å².